The minimum absolute atomic E-state index is 0.0257. The van der Waals surface area contributed by atoms with Crippen LogP contribution in [-0.2, 0) is 17.8 Å². The molecule has 2 aliphatic heterocycles. The highest BCUT2D eigenvalue weighted by molar-refractivity contribution is 6.00. The molecule has 3 heterocycles. The number of amides is 1. The fourth-order valence-electron chi connectivity index (χ4n) is 4.47. The second kappa shape index (κ2) is 9.51. The molecule has 1 aromatic heterocycles. The lowest BCUT2D eigenvalue weighted by molar-refractivity contribution is -0.275. The number of rotatable bonds is 5. The molecule has 0 aliphatic carbocycles. The van der Waals surface area contributed by atoms with Crippen LogP contribution in [0.5, 0.6) is 11.5 Å². The first-order valence-electron chi connectivity index (χ1n) is 11.6. The predicted octanol–water partition coefficient (Wildman–Crippen LogP) is 4.70. The van der Waals surface area contributed by atoms with E-state index < -0.39 is 36.5 Å². The average Bonchev–Trinajstić information content (AvgIpc) is 2.83. The molecule has 0 saturated carbocycles. The fraction of sp³-hybridized carbons (Fsp3) is 0.320. The molecule has 0 unspecified atom stereocenters. The molecule has 1 amide bonds. The Bertz CT molecular complexity index is 1360. The van der Waals surface area contributed by atoms with Crippen molar-refractivity contribution in [2.75, 3.05) is 23.4 Å². The molecule has 0 saturated heterocycles. The number of alkyl halides is 3. The molecule has 0 atom stereocenters. The Hall–Kier alpha value is -3.93. The Kier molecular flexibility index (Phi) is 6.36. The van der Waals surface area contributed by atoms with Crippen molar-refractivity contribution in [2.24, 2.45) is 0 Å². The fourth-order valence-corrected chi connectivity index (χ4v) is 4.47. The molecule has 8 nitrogen and oxygen atoms in total. The Balaban J connectivity index is 1.56. The zero-order valence-electron chi connectivity index (χ0n) is 19.9. The minimum atomic E-state index is -5.04. The number of nitrogens with zero attached hydrogens (tertiary/aromatic N) is 3. The molecule has 0 spiro atoms. The van der Waals surface area contributed by atoms with Crippen molar-refractivity contribution in [3.05, 3.63) is 53.5 Å². The molecule has 0 bridgehead atoms. The molecule has 0 fully saturated rings. The second-order valence-electron chi connectivity index (χ2n) is 8.94. The molecule has 3 aromatic rings. The third kappa shape index (κ3) is 5.15. The maximum Gasteiger partial charge on any atom is 0.573 e. The van der Waals surface area contributed by atoms with E-state index in [0.717, 1.165) is 30.8 Å². The van der Waals surface area contributed by atoms with Gasteiger partial charge in [0.25, 0.3) is 5.91 Å². The third-order valence-corrected chi connectivity index (χ3v) is 6.01. The molecular weight excluding hydrogens is 494 g/mol. The summed E-state index contributed by atoms with van der Waals surface area (Å²) in [7, 11) is 0. The summed E-state index contributed by atoms with van der Waals surface area (Å²) in [5.41, 5.74) is 2.73. The predicted molar refractivity (Wildman–Crippen MR) is 127 cm³/mol. The number of ether oxygens (including phenoxy) is 2. The maximum atomic E-state index is 14.9. The van der Waals surface area contributed by atoms with Gasteiger partial charge in [-0.25, -0.2) is 14.4 Å². The third-order valence-electron chi connectivity index (χ3n) is 6.01. The van der Waals surface area contributed by atoms with Gasteiger partial charge in [0.15, 0.2) is 23.9 Å². The summed E-state index contributed by atoms with van der Waals surface area (Å²) in [4.78, 5) is 22.0. The number of carbonyl (C=O) groups excluding carboxylic acids is 1. The highest BCUT2D eigenvalue weighted by Gasteiger charge is 2.37. The van der Waals surface area contributed by atoms with Gasteiger partial charge in [-0.2, -0.15) is 0 Å². The van der Waals surface area contributed by atoms with Gasteiger partial charge in [-0.05, 0) is 62.2 Å². The average molecular weight is 517 g/mol. The van der Waals surface area contributed by atoms with Crippen molar-refractivity contribution in [1.29, 1.82) is 0 Å². The minimum Gasteiger partial charge on any atom is -0.478 e. The van der Waals surface area contributed by atoms with Crippen LogP contribution in [0, 0.1) is 5.82 Å². The van der Waals surface area contributed by atoms with E-state index in [1.807, 2.05) is 18.2 Å². The Labute approximate surface area is 209 Å². The van der Waals surface area contributed by atoms with Gasteiger partial charge in [0.2, 0.25) is 5.95 Å². The smallest absolute Gasteiger partial charge is 0.478 e. The maximum absolute atomic E-state index is 14.9. The van der Waals surface area contributed by atoms with Crippen molar-refractivity contribution >= 4 is 23.2 Å². The Morgan fingerprint density at radius 2 is 2.00 bits per heavy atom. The number of benzene rings is 2. The van der Waals surface area contributed by atoms with Gasteiger partial charge in [-0.1, -0.05) is 6.07 Å². The number of aromatic nitrogens is 2. The Morgan fingerprint density at radius 1 is 1.19 bits per heavy atom. The lowest BCUT2D eigenvalue weighted by Crippen LogP contribution is -2.43. The topological polar surface area (TPSA) is 88.6 Å². The summed E-state index contributed by atoms with van der Waals surface area (Å²) in [6.45, 7) is 4.56. The summed E-state index contributed by atoms with van der Waals surface area (Å²) in [6.07, 6.45) is -3.21. The molecule has 2 N–H and O–H groups in total. The molecule has 194 valence electrons. The summed E-state index contributed by atoms with van der Waals surface area (Å²) < 4.78 is 64.0. The van der Waals surface area contributed by atoms with Crippen LogP contribution in [0.4, 0.5) is 34.9 Å². The summed E-state index contributed by atoms with van der Waals surface area (Å²) in [6, 6.07) is 7.72. The van der Waals surface area contributed by atoms with Gasteiger partial charge >= 0.3 is 6.36 Å². The van der Waals surface area contributed by atoms with Gasteiger partial charge in [0.1, 0.15) is 5.69 Å². The van der Waals surface area contributed by atoms with Gasteiger partial charge < -0.3 is 25.0 Å². The SMILES string of the molecule is CC(C)N1C(=O)COc2c(OC(F)(F)F)cc(-c3nc(Nc4ccc5c(c4)CNCC5)ncc3F)cc21. The Morgan fingerprint density at radius 3 is 2.76 bits per heavy atom. The number of anilines is 3. The van der Waals surface area contributed by atoms with Crippen molar-refractivity contribution in [3.63, 3.8) is 0 Å². The summed E-state index contributed by atoms with van der Waals surface area (Å²) >= 11 is 0. The standard InChI is InChI=1S/C25H23F4N5O3/c1-13(2)34-19-8-15(9-20(37-25(27,28)29)23(19)36-12-21(34)35)22-18(26)11-31-24(33-22)32-17-4-3-14-5-6-30-10-16(14)7-17/h3-4,7-9,11,13,30H,5-6,10,12H2,1-2H3,(H,31,32,33). The van der Waals surface area contributed by atoms with E-state index >= 15 is 0 Å². The normalized spacial score (nSPS) is 15.2. The highest BCUT2D eigenvalue weighted by Crippen LogP contribution is 2.46. The largest absolute Gasteiger partial charge is 0.573 e. The van der Waals surface area contributed by atoms with E-state index in [9.17, 15) is 22.4 Å². The number of hydrogen-bond donors (Lipinski definition) is 2. The van der Waals surface area contributed by atoms with Crippen LogP contribution in [0.2, 0.25) is 0 Å². The van der Waals surface area contributed by atoms with Crippen molar-refractivity contribution in [3.8, 4) is 22.8 Å². The van der Waals surface area contributed by atoms with Gasteiger partial charge in [-0.3, -0.25) is 4.79 Å². The van der Waals surface area contributed by atoms with Gasteiger partial charge in [0.05, 0.1) is 11.9 Å². The van der Waals surface area contributed by atoms with E-state index in [4.69, 9.17) is 4.74 Å². The van der Waals surface area contributed by atoms with E-state index in [2.05, 4.69) is 25.3 Å². The van der Waals surface area contributed by atoms with Gasteiger partial charge in [0, 0.05) is 23.8 Å². The van der Waals surface area contributed by atoms with Crippen molar-refractivity contribution < 1.29 is 31.8 Å². The summed E-state index contributed by atoms with van der Waals surface area (Å²) in [5, 5.41) is 6.32. The zero-order valence-corrected chi connectivity index (χ0v) is 19.9. The van der Waals surface area contributed by atoms with E-state index in [0.29, 0.717) is 12.2 Å². The number of fused-ring (bicyclic) bond motifs is 2. The number of halogens is 4. The molecular formula is C25H23F4N5O3. The zero-order chi connectivity index (χ0) is 26.3. The van der Waals surface area contributed by atoms with E-state index in [-0.39, 0.29) is 28.6 Å². The lowest BCUT2D eigenvalue weighted by Gasteiger charge is -2.33. The van der Waals surface area contributed by atoms with Crippen molar-refractivity contribution in [2.45, 2.75) is 39.2 Å². The van der Waals surface area contributed by atoms with Crippen LogP contribution >= 0.6 is 0 Å². The van der Waals surface area contributed by atoms with Crippen LogP contribution in [0.1, 0.15) is 25.0 Å². The second-order valence-corrected chi connectivity index (χ2v) is 8.94. The first kappa shape index (κ1) is 24.8. The van der Waals surface area contributed by atoms with E-state index in [1.54, 1.807) is 13.8 Å². The van der Waals surface area contributed by atoms with Crippen LogP contribution < -0.4 is 25.0 Å². The first-order valence-corrected chi connectivity index (χ1v) is 11.6. The lowest BCUT2D eigenvalue weighted by atomic mass is 10.0. The monoisotopic (exact) mass is 517 g/mol. The van der Waals surface area contributed by atoms with Gasteiger partial charge in [-0.15, -0.1) is 13.2 Å². The summed E-state index contributed by atoms with van der Waals surface area (Å²) in [5.74, 6) is -2.23. The molecule has 37 heavy (non-hydrogen) atoms. The van der Waals surface area contributed by atoms with Crippen LogP contribution in [0.15, 0.2) is 36.5 Å². The molecule has 12 heteroatoms. The first-order chi connectivity index (χ1) is 17.6. The molecule has 2 aromatic carbocycles. The van der Waals surface area contributed by atoms with Crippen LogP contribution in [0.3, 0.4) is 0 Å². The van der Waals surface area contributed by atoms with E-state index in [1.165, 1.54) is 16.5 Å². The molecule has 5 rings (SSSR count). The van der Waals surface area contributed by atoms with Crippen LogP contribution in [0.25, 0.3) is 11.3 Å². The number of carbonyl (C=O) groups is 1. The molecule has 0 radical (unpaired) electrons. The number of nitrogens with one attached hydrogen (secondary N) is 2. The van der Waals surface area contributed by atoms with Crippen molar-refractivity contribution in [1.82, 2.24) is 15.3 Å². The highest BCUT2D eigenvalue weighted by atomic mass is 19.4. The molecule has 2 aliphatic rings. The van der Waals surface area contributed by atoms with Crippen LogP contribution in [-0.4, -0.2) is 41.4 Å². The quantitative estimate of drug-likeness (QED) is 0.474. The number of hydrogen-bond acceptors (Lipinski definition) is 7.